The Morgan fingerprint density at radius 3 is 1.56 bits per heavy atom. The number of hydrogen-bond donors (Lipinski definition) is 5. The predicted molar refractivity (Wildman–Crippen MR) is 221 cm³/mol. The summed E-state index contributed by atoms with van der Waals surface area (Å²) in [6.45, 7) is 6.99. The zero-order valence-electron chi connectivity index (χ0n) is 33.5. The van der Waals surface area contributed by atoms with Crippen LogP contribution in [0.2, 0.25) is 0 Å². The lowest BCUT2D eigenvalue weighted by molar-refractivity contribution is -0.161. The maximum Gasteiger partial charge on any atom is 0.328 e. The van der Waals surface area contributed by atoms with Crippen molar-refractivity contribution in [1.29, 1.82) is 0 Å². The number of carboxylic acid groups (broad SMARTS) is 3. The van der Waals surface area contributed by atoms with Gasteiger partial charge in [0.25, 0.3) is 0 Å². The molecule has 8 atom stereocenters. The molecular formula is C43H44N4O12S2. The van der Waals surface area contributed by atoms with Crippen molar-refractivity contribution in [3.63, 3.8) is 0 Å². The van der Waals surface area contributed by atoms with Crippen molar-refractivity contribution in [3.05, 3.63) is 101 Å². The molecule has 2 unspecified atom stereocenters. The molecule has 3 aromatic carbocycles. The third kappa shape index (κ3) is 8.05. The Hall–Kier alpha value is -5.88. The maximum atomic E-state index is 13.4. The molecule has 4 amide bonds. The number of aryl methyl sites for hydroxylation is 2. The first-order chi connectivity index (χ1) is 28.8. The van der Waals surface area contributed by atoms with E-state index in [1.54, 1.807) is 82.3 Å². The van der Waals surface area contributed by atoms with Crippen LogP contribution in [0.4, 0.5) is 0 Å². The zero-order valence-corrected chi connectivity index (χ0v) is 35.1. The van der Waals surface area contributed by atoms with Crippen molar-refractivity contribution < 1.29 is 58.4 Å². The number of rotatable bonds is 11. The van der Waals surface area contributed by atoms with Crippen molar-refractivity contribution in [1.82, 2.24) is 20.4 Å². The third-order valence-electron chi connectivity index (χ3n) is 11.5. The molecule has 8 rings (SSSR count). The minimum absolute atomic E-state index is 0.309. The number of esters is 1. The van der Waals surface area contributed by atoms with Crippen molar-refractivity contribution in [2.24, 2.45) is 0 Å². The molecule has 16 nitrogen and oxygen atoms in total. The molecule has 4 heterocycles. The van der Waals surface area contributed by atoms with E-state index in [1.165, 1.54) is 51.0 Å². The fraction of sp³-hybridized carbons (Fsp3) is 0.395. The molecule has 3 aromatic rings. The van der Waals surface area contributed by atoms with E-state index >= 15 is 0 Å². The molecule has 0 radical (unpaired) electrons. The van der Waals surface area contributed by atoms with E-state index in [0.717, 1.165) is 24.8 Å². The predicted octanol–water partition coefficient (Wildman–Crippen LogP) is 2.98. The Labute approximate surface area is 358 Å². The number of benzene rings is 3. The normalized spacial score (nSPS) is 25.8. The lowest BCUT2D eigenvalue weighted by atomic mass is 9.94. The standard InChI is InChI=1S/C26H26N2O6S.C17H18N2O6S/c1-26(2)20(24(31)32)28-22(30)19(23(28)35-26)27-21(29)18(15-7-4-3-5-8-15)25(33)34-17-12-11-14-9-6-10-16(14)13-17;1-17(2)11(16(24)25)19-13(21)10(14(19)26-17)18-12(20)9(15(22)23)8-6-4-3-5-7-8/h3-5,7-8,11-13,18-20,23H,6,9-10H2,1-2H3,(H,27,29)(H,31,32);3-7,9-11,14H,1-2H3,(H,18,20)(H,22,23)(H,24,25)/t18?,19-,20+,23-;9?,10-,11+,14-/m11/s1. The lowest BCUT2D eigenvalue weighted by Crippen LogP contribution is -2.71. The number of carboxylic acids is 3. The van der Waals surface area contributed by atoms with Crippen LogP contribution in [0.3, 0.4) is 0 Å². The van der Waals surface area contributed by atoms with Crippen LogP contribution in [0.15, 0.2) is 78.9 Å². The summed E-state index contributed by atoms with van der Waals surface area (Å²) in [5.41, 5.74) is 3.14. The summed E-state index contributed by atoms with van der Waals surface area (Å²) in [5, 5.41) is 32.6. The Balaban J connectivity index is 0.000000193. The number of ether oxygens (including phenoxy) is 1. The van der Waals surface area contributed by atoms with E-state index in [-0.39, 0.29) is 0 Å². The van der Waals surface area contributed by atoms with E-state index in [1.807, 2.05) is 12.1 Å². The van der Waals surface area contributed by atoms with Gasteiger partial charge < -0.3 is 40.5 Å². The molecule has 4 saturated heterocycles. The van der Waals surface area contributed by atoms with Crippen LogP contribution in [0, 0.1) is 0 Å². The van der Waals surface area contributed by atoms with Gasteiger partial charge in [-0.3, -0.25) is 28.8 Å². The second kappa shape index (κ2) is 16.5. The molecule has 0 aromatic heterocycles. The third-order valence-corrected chi connectivity index (χ3v) is 14.6. The first-order valence-electron chi connectivity index (χ1n) is 19.5. The Morgan fingerprint density at radius 1 is 0.656 bits per heavy atom. The van der Waals surface area contributed by atoms with Crippen molar-refractivity contribution in [3.8, 4) is 5.75 Å². The number of fused-ring (bicyclic) bond motifs is 3. The van der Waals surface area contributed by atoms with Crippen LogP contribution in [-0.4, -0.2) is 117 Å². The SMILES string of the molecule is CC1(C)S[C@@H]2[C@H](NC(=O)C(C(=O)O)c3ccccc3)C(=O)N2[C@H]1C(=O)O.CC1(C)S[C@@H]2[C@H](NC(=O)C(C(=O)Oc3ccc4c(c3)CCC4)c3ccccc3)C(=O)N2[C@H]1C(=O)O. The maximum absolute atomic E-state index is 13.4. The molecule has 0 bridgehead atoms. The number of aliphatic carboxylic acids is 3. The van der Waals surface area contributed by atoms with Crippen molar-refractivity contribution in [2.45, 2.75) is 103 Å². The topological polar surface area (TPSA) is 237 Å². The summed E-state index contributed by atoms with van der Waals surface area (Å²) in [7, 11) is 0. The van der Waals surface area contributed by atoms with E-state index in [0.29, 0.717) is 16.9 Å². The minimum Gasteiger partial charge on any atom is -0.480 e. The van der Waals surface area contributed by atoms with Crippen LogP contribution in [0.5, 0.6) is 5.75 Å². The molecule has 1 aliphatic carbocycles. The first-order valence-corrected chi connectivity index (χ1v) is 21.3. The number of β-lactam (4-membered cyclic amide) rings is 2. The molecular weight excluding hydrogens is 829 g/mol. The fourth-order valence-corrected chi connectivity index (χ4v) is 11.9. The van der Waals surface area contributed by atoms with Crippen molar-refractivity contribution >= 4 is 71.0 Å². The molecule has 5 aliphatic rings. The number of amides is 4. The van der Waals surface area contributed by atoms with Gasteiger partial charge in [-0.25, -0.2) is 9.59 Å². The van der Waals surface area contributed by atoms with Gasteiger partial charge in [0, 0.05) is 9.49 Å². The number of thioether (sulfide) groups is 2. The summed E-state index contributed by atoms with van der Waals surface area (Å²) in [6, 6.07) is 18.3. The summed E-state index contributed by atoms with van der Waals surface area (Å²) >= 11 is 2.62. The van der Waals surface area contributed by atoms with Gasteiger partial charge in [0.2, 0.25) is 23.6 Å². The number of carbonyl (C=O) groups excluding carboxylic acids is 5. The number of nitrogens with one attached hydrogen (secondary N) is 2. The quantitative estimate of drug-likeness (QED) is 0.0807. The first kappa shape index (κ1) is 43.2. The van der Waals surface area contributed by atoms with Crippen LogP contribution in [0.1, 0.15) is 68.2 Å². The summed E-state index contributed by atoms with van der Waals surface area (Å²) < 4.78 is 4.21. The van der Waals surface area contributed by atoms with Gasteiger partial charge in [0.05, 0.1) is 0 Å². The van der Waals surface area contributed by atoms with Gasteiger partial charge in [-0.15, -0.1) is 23.5 Å². The second-order valence-corrected chi connectivity index (χ2v) is 19.9. The van der Waals surface area contributed by atoms with Gasteiger partial charge in [-0.05, 0) is 81.3 Å². The zero-order chi connectivity index (χ0) is 44.1. The monoisotopic (exact) mass is 872 g/mol. The van der Waals surface area contributed by atoms with Gasteiger partial charge >= 0.3 is 23.9 Å². The Morgan fingerprint density at radius 2 is 1.10 bits per heavy atom. The summed E-state index contributed by atoms with van der Waals surface area (Å²) in [6.07, 6.45) is 2.99. The summed E-state index contributed by atoms with van der Waals surface area (Å²) in [4.78, 5) is 102. The molecule has 0 spiro atoms. The highest BCUT2D eigenvalue weighted by molar-refractivity contribution is 8.02. The number of nitrogens with zero attached hydrogens (tertiary/aromatic N) is 2. The smallest absolute Gasteiger partial charge is 0.328 e. The molecule has 4 fully saturated rings. The average Bonchev–Trinajstić information content (AvgIpc) is 3.85. The molecule has 4 aliphatic heterocycles. The van der Waals surface area contributed by atoms with Gasteiger partial charge in [0.15, 0.2) is 11.8 Å². The fourth-order valence-electron chi connectivity index (χ4n) is 8.64. The van der Waals surface area contributed by atoms with Crippen LogP contribution >= 0.6 is 23.5 Å². The largest absolute Gasteiger partial charge is 0.480 e. The summed E-state index contributed by atoms with van der Waals surface area (Å²) in [5.74, 6) is -8.99. The number of hydrogen-bond acceptors (Lipinski definition) is 11. The molecule has 61 heavy (non-hydrogen) atoms. The van der Waals surface area contributed by atoms with Crippen LogP contribution in [-0.2, 0) is 51.2 Å². The van der Waals surface area contributed by atoms with Crippen molar-refractivity contribution in [2.75, 3.05) is 0 Å². The number of carbonyl (C=O) groups is 8. The van der Waals surface area contributed by atoms with Crippen LogP contribution in [0.25, 0.3) is 0 Å². The minimum atomic E-state index is -1.44. The van der Waals surface area contributed by atoms with Crippen LogP contribution < -0.4 is 15.4 Å². The Bertz CT molecular complexity index is 2310. The molecule has 18 heteroatoms. The highest BCUT2D eigenvalue weighted by Gasteiger charge is 2.65. The second-order valence-electron chi connectivity index (χ2n) is 16.4. The highest BCUT2D eigenvalue weighted by atomic mass is 32.2. The van der Waals surface area contributed by atoms with E-state index < -0.39 is 104 Å². The molecule has 5 N–H and O–H groups in total. The highest BCUT2D eigenvalue weighted by Crippen LogP contribution is 2.52. The van der Waals surface area contributed by atoms with E-state index in [2.05, 4.69) is 10.6 Å². The molecule has 0 saturated carbocycles. The molecule has 320 valence electrons. The van der Waals surface area contributed by atoms with Gasteiger partial charge in [0.1, 0.15) is 40.7 Å². The average molecular weight is 873 g/mol. The Kier molecular flexibility index (Phi) is 11.7. The lowest BCUT2D eigenvalue weighted by Gasteiger charge is -2.43. The van der Waals surface area contributed by atoms with Gasteiger partial charge in [-0.2, -0.15) is 0 Å². The van der Waals surface area contributed by atoms with Gasteiger partial charge in [-0.1, -0.05) is 66.7 Å². The van der Waals surface area contributed by atoms with E-state index in [9.17, 15) is 53.7 Å². The van der Waals surface area contributed by atoms with E-state index in [4.69, 9.17) is 4.74 Å².